The van der Waals surface area contributed by atoms with E-state index < -0.39 is 23.3 Å². The minimum Gasteiger partial charge on any atom is -0.396 e. The summed E-state index contributed by atoms with van der Waals surface area (Å²) in [6.45, 7) is 7.57. The lowest BCUT2D eigenvalue weighted by molar-refractivity contribution is -0.182. The van der Waals surface area contributed by atoms with Crippen molar-refractivity contribution < 1.29 is 28.5 Å². The minimum atomic E-state index is -1.21. The van der Waals surface area contributed by atoms with E-state index in [1.807, 2.05) is 13.8 Å². The molecule has 0 radical (unpaired) electrons. The van der Waals surface area contributed by atoms with E-state index in [4.69, 9.17) is 16.3 Å². The molecule has 3 atom stereocenters. The molecule has 2 aromatic rings. The van der Waals surface area contributed by atoms with Gasteiger partial charge in [-0.1, -0.05) is 25.4 Å². The second-order valence-corrected chi connectivity index (χ2v) is 10.8. The summed E-state index contributed by atoms with van der Waals surface area (Å²) in [5.41, 5.74) is 0.465. The van der Waals surface area contributed by atoms with Crippen molar-refractivity contribution in [1.29, 1.82) is 0 Å². The van der Waals surface area contributed by atoms with Gasteiger partial charge in [0.2, 0.25) is 0 Å². The highest BCUT2D eigenvalue weighted by atomic mass is 35.5. The molecule has 5 nitrogen and oxygen atoms in total. The van der Waals surface area contributed by atoms with Crippen LogP contribution in [0.15, 0.2) is 41.3 Å². The quantitative estimate of drug-likeness (QED) is 0.234. The first kappa shape index (κ1) is 28.5. The Morgan fingerprint density at radius 1 is 1.12 bits per heavy atom. The Bertz CT molecular complexity index is 970. The number of carbonyl (C=O) groups is 1. The van der Waals surface area contributed by atoms with E-state index in [1.165, 1.54) is 17.8 Å². The molecular weight excluding hydrogens is 484 g/mol. The number of anilines is 1. The number of nitrogens with one attached hydrogen (secondary N) is 1. The van der Waals surface area contributed by atoms with Crippen molar-refractivity contribution in [3.05, 3.63) is 58.6 Å². The van der Waals surface area contributed by atoms with E-state index in [-0.39, 0.29) is 29.4 Å². The van der Waals surface area contributed by atoms with E-state index >= 15 is 0 Å². The molecule has 188 valence electrons. The molecule has 2 rings (SSSR count). The van der Waals surface area contributed by atoms with Crippen molar-refractivity contribution in [3.8, 4) is 0 Å². The zero-order valence-corrected chi connectivity index (χ0v) is 21.4. The molecule has 0 aliphatic rings. The van der Waals surface area contributed by atoms with Crippen LogP contribution in [0.1, 0.15) is 50.9 Å². The Balaban J connectivity index is 2.15. The van der Waals surface area contributed by atoms with Crippen LogP contribution in [0, 0.1) is 23.5 Å². The van der Waals surface area contributed by atoms with Gasteiger partial charge in [-0.3, -0.25) is 4.79 Å². The van der Waals surface area contributed by atoms with Gasteiger partial charge in [-0.2, -0.15) is 0 Å². The average Bonchev–Trinajstić information content (AvgIpc) is 2.75. The molecule has 0 saturated carbocycles. The lowest BCUT2D eigenvalue weighted by Crippen LogP contribution is -2.27. The molecule has 34 heavy (non-hydrogen) atoms. The number of aliphatic hydroxyl groups is 2. The highest BCUT2D eigenvalue weighted by Gasteiger charge is 2.22. The van der Waals surface area contributed by atoms with Crippen LogP contribution in [0.25, 0.3) is 0 Å². The molecule has 2 aromatic carbocycles. The number of amides is 1. The largest absolute Gasteiger partial charge is 0.396 e. The fourth-order valence-electron chi connectivity index (χ4n) is 3.27. The molecule has 0 heterocycles. The van der Waals surface area contributed by atoms with E-state index in [1.54, 1.807) is 32.0 Å². The molecule has 0 spiro atoms. The zero-order valence-electron chi connectivity index (χ0n) is 19.8. The molecule has 3 unspecified atom stereocenters. The molecule has 0 aromatic heterocycles. The van der Waals surface area contributed by atoms with Crippen LogP contribution in [0.4, 0.5) is 14.5 Å². The Morgan fingerprint density at radius 2 is 1.79 bits per heavy atom. The third-order valence-corrected chi connectivity index (χ3v) is 6.78. The monoisotopic (exact) mass is 515 g/mol. The number of benzene rings is 2. The average molecular weight is 516 g/mol. The van der Waals surface area contributed by atoms with Crippen molar-refractivity contribution in [1.82, 2.24) is 0 Å². The summed E-state index contributed by atoms with van der Waals surface area (Å²) in [6.07, 6.45) is 1.46. The van der Waals surface area contributed by atoms with Gasteiger partial charge in [0.25, 0.3) is 5.91 Å². The van der Waals surface area contributed by atoms with Crippen molar-refractivity contribution >= 4 is 35.0 Å². The second kappa shape index (κ2) is 12.8. The summed E-state index contributed by atoms with van der Waals surface area (Å²) < 4.78 is 32.1. The highest BCUT2D eigenvalue weighted by molar-refractivity contribution is 8.00. The normalized spacial score (nSPS) is 14.5. The molecule has 9 heteroatoms. The topological polar surface area (TPSA) is 78.8 Å². The van der Waals surface area contributed by atoms with Crippen LogP contribution in [0.3, 0.4) is 0 Å². The van der Waals surface area contributed by atoms with Crippen molar-refractivity contribution in [2.24, 2.45) is 11.8 Å². The number of thioether (sulfide) groups is 1. The number of carbonyl (C=O) groups excluding carboxylic acids is 1. The van der Waals surface area contributed by atoms with Crippen LogP contribution >= 0.6 is 23.4 Å². The van der Waals surface area contributed by atoms with Gasteiger partial charge in [0.1, 0.15) is 0 Å². The number of hydrogen-bond donors (Lipinski definition) is 3. The molecule has 0 aliphatic carbocycles. The van der Waals surface area contributed by atoms with Crippen LogP contribution < -0.4 is 5.32 Å². The van der Waals surface area contributed by atoms with Gasteiger partial charge in [0, 0.05) is 34.1 Å². The summed E-state index contributed by atoms with van der Waals surface area (Å²) in [6, 6.07) is 8.00. The highest BCUT2D eigenvalue weighted by Crippen LogP contribution is 2.37. The van der Waals surface area contributed by atoms with E-state index in [9.17, 15) is 23.8 Å². The molecule has 0 saturated heterocycles. The van der Waals surface area contributed by atoms with E-state index in [2.05, 4.69) is 5.32 Å². The molecule has 3 N–H and O–H groups in total. The van der Waals surface area contributed by atoms with Crippen molar-refractivity contribution in [3.63, 3.8) is 0 Å². The van der Waals surface area contributed by atoms with Crippen LogP contribution in [-0.2, 0) is 4.74 Å². The maximum atomic E-state index is 13.5. The first-order valence-corrected chi connectivity index (χ1v) is 12.3. The lowest BCUT2D eigenvalue weighted by Gasteiger charge is -2.26. The van der Waals surface area contributed by atoms with Crippen molar-refractivity contribution in [2.75, 3.05) is 18.5 Å². The summed E-state index contributed by atoms with van der Waals surface area (Å²) in [4.78, 5) is 13.4. The number of aliphatic hydroxyl groups excluding tert-OH is 1. The predicted molar refractivity (Wildman–Crippen MR) is 132 cm³/mol. The molecule has 0 bridgehead atoms. The zero-order chi connectivity index (χ0) is 25.5. The smallest absolute Gasteiger partial charge is 0.255 e. The maximum Gasteiger partial charge on any atom is 0.255 e. The number of hydrogen-bond acceptors (Lipinski definition) is 5. The first-order valence-electron chi connectivity index (χ1n) is 11.1. The van der Waals surface area contributed by atoms with E-state index in [0.29, 0.717) is 22.1 Å². The van der Waals surface area contributed by atoms with Crippen LogP contribution in [0.5, 0.6) is 0 Å². The van der Waals surface area contributed by atoms with Crippen molar-refractivity contribution in [2.45, 2.75) is 56.5 Å². The number of ether oxygens (including phenoxy) is 1. The Labute approximate surface area is 208 Å². The van der Waals surface area contributed by atoms with Gasteiger partial charge in [0.15, 0.2) is 17.4 Å². The molecule has 1 amide bonds. The molecule has 0 aliphatic heterocycles. The molecule has 0 fully saturated rings. The fourth-order valence-corrected chi connectivity index (χ4v) is 5.11. The number of halogens is 3. The predicted octanol–water partition coefficient (Wildman–Crippen LogP) is 6.12. The third-order valence-electron chi connectivity index (χ3n) is 5.03. The maximum absolute atomic E-state index is 13.5. The Hall–Kier alpha value is -1.71. The van der Waals surface area contributed by atoms with Gasteiger partial charge in [-0.15, -0.1) is 11.8 Å². The first-order chi connectivity index (χ1) is 15.9. The second-order valence-electron chi connectivity index (χ2n) is 9.09. The van der Waals surface area contributed by atoms with Gasteiger partial charge < -0.3 is 20.3 Å². The van der Waals surface area contributed by atoms with Gasteiger partial charge in [-0.25, -0.2) is 8.78 Å². The lowest BCUT2D eigenvalue weighted by atomic mass is 9.99. The van der Waals surface area contributed by atoms with Gasteiger partial charge in [-0.05, 0) is 68.9 Å². The van der Waals surface area contributed by atoms with Gasteiger partial charge in [0.05, 0.1) is 11.6 Å². The molecular formula is C25H32ClF2NO4S. The summed E-state index contributed by atoms with van der Waals surface area (Å²) in [7, 11) is 0. The third kappa shape index (κ3) is 9.50. The summed E-state index contributed by atoms with van der Waals surface area (Å²) in [5, 5.41) is 22.5. The van der Waals surface area contributed by atoms with Crippen LogP contribution in [0.2, 0.25) is 5.02 Å². The Kier molecular flexibility index (Phi) is 10.8. The SMILES string of the molecule is CC(CO)CC(CC(C)COC(C)(C)O)Sc1cc(C(=O)Nc2ccc(F)c(F)c2)ccc1Cl. The summed E-state index contributed by atoms with van der Waals surface area (Å²) in [5.74, 6) is -3.53. The fraction of sp³-hybridized carbons (Fsp3) is 0.480. The van der Waals surface area contributed by atoms with E-state index in [0.717, 1.165) is 25.0 Å². The number of rotatable bonds is 12. The standard InChI is InChI=1S/C25H32ClF2NO4S/c1-15(13-30)9-19(10-16(2)14-33-25(3,4)32)34-23-11-17(5-7-20(23)26)24(31)29-18-6-8-21(27)22(28)12-18/h5-8,11-12,15-16,19,30,32H,9-10,13-14H2,1-4H3,(H,29,31). The Morgan fingerprint density at radius 3 is 2.41 bits per heavy atom. The van der Waals surface area contributed by atoms with Crippen LogP contribution in [-0.4, -0.2) is 40.4 Å². The van der Waals surface area contributed by atoms with Gasteiger partial charge >= 0.3 is 0 Å². The minimum absolute atomic E-state index is 0.0516. The summed E-state index contributed by atoms with van der Waals surface area (Å²) >= 11 is 7.93.